The Morgan fingerprint density at radius 1 is 1.17 bits per heavy atom. The van der Waals surface area contributed by atoms with Gasteiger partial charge in [0, 0.05) is 25.2 Å². The van der Waals surface area contributed by atoms with Crippen molar-refractivity contribution in [2.45, 2.75) is 39.1 Å². The first-order chi connectivity index (χ1) is 13.8. The second-order valence-electron chi connectivity index (χ2n) is 7.65. The number of aryl methyl sites for hydroxylation is 1. The predicted molar refractivity (Wildman–Crippen MR) is 111 cm³/mol. The second kappa shape index (κ2) is 7.78. The summed E-state index contributed by atoms with van der Waals surface area (Å²) < 4.78 is 9.05. The summed E-state index contributed by atoms with van der Waals surface area (Å²) in [5, 5.41) is 0.621. The van der Waals surface area contributed by atoms with Gasteiger partial charge in [0.2, 0.25) is 0 Å². The molecule has 1 saturated heterocycles. The maximum absolute atomic E-state index is 12.7. The minimum Gasteiger partial charge on any atom is -0.373 e. The summed E-state index contributed by atoms with van der Waals surface area (Å²) in [5.41, 5.74) is 0.695. The minimum absolute atomic E-state index is 0.118. The number of ether oxygens (including phenoxy) is 1. The number of hydrogen-bond acceptors (Lipinski definition) is 5. The fraction of sp³-hybridized carbons (Fsp3) is 0.450. The minimum atomic E-state index is -0.481. The summed E-state index contributed by atoms with van der Waals surface area (Å²) in [5.74, 6) is 0.716. The monoisotopic (exact) mass is 417 g/mol. The van der Waals surface area contributed by atoms with E-state index < -0.39 is 11.2 Å². The zero-order chi connectivity index (χ0) is 20.7. The zero-order valence-corrected chi connectivity index (χ0v) is 17.4. The Kier molecular flexibility index (Phi) is 5.33. The fourth-order valence-electron chi connectivity index (χ4n) is 3.98. The van der Waals surface area contributed by atoms with E-state index in [1.165, 1.54) is 4.57 Å². The van der Waals surface area contributed by atoms with Crippen molar-refractivity contribution in [3.05, 3.63) is 61.5 Å². The number of morpholine rings is 1. The first-order valence-electron chi connectivity index (χ1n) is 9.63. The molecule has 0 bridgehead atoms. The van der Waals surface area contributed by atoms with E-state index in [0.29, 0.717) is 35.1 Å². The molecule has 2 atom stereocenters. The van der Waals surface area contributed by atoms with Crippen molar-refractivity contribution in [2.24, 2.45) is 7.05 Å². The third-order valence-corrected chi connectivity index (χ3v) is 5.60. The van der Waals surface area contributed by atoms with Gasteiger partial charge >= 0.3 is 5.69 Å². The number of rotatable bonds is 4. The number of aromatic nitrogens is 4. The topological polar surface area (TPSA) is 85.2 Å². The van der Waals surface area contributed by atoms with Crippen LogP contribution in [0.2, 0.25) is 5.02 Å². The average molecular weight is 418 g/mol. The number of fused-ring (bicyclic) bond motifs is 1. The third kappa shape index (κ3) is 3.88. The van der Waals surface area contributed by atoms with Crippen molar-refractivity contribution < 1.29 is 4.74 Å². The highest BCUT2D eigenvalue weighted by Crippen LogP contribution is 2.21. The lowest BCUT2D eigenvalue weighted by Gasteiger charge is -2.35. The van der Waals surface area contributed by atoms with E-state index in [0.717, 1.165) is 18.7 Å². The molecule has 154 valence electrons. The number of nitrogens with zero attached hydrogens (tertiary/aromatic N) is 4. The molecule has 1 fully saturated rings. The Morgan fingerprint density at radius 2 is 1.86 bits per heavy atom. The smallest absolute Gasteiger partial charge is 0.329 e. The van der Waals surface area contributed by atoms with Gasteiger partial charge in [0.25, 0.3) is 5.56 Å². The van der Waals surface area contributed by atoms with E-state index in [1.54, 1.807) is 7.05 Å². The van der Waals surface area contributed by atoms with E-state index >= 15 is 0 Å². The second-order valence-corrected chi connectivity index (χ2v) is 8.05. The van der Waals surface area contributed by atoms with Gasteiger partial charge in [-0.25, -0.2) is 9.78 Å². The average Bonchev–Trinajstić information content (AvgIpc) is 2.99. The fourth-order valence-corrected chi connectivity index (χ4v) is 4.18. The number of aromatic amines is 1. The van der Waals surface area contributed by atoms with Crippen LogP contribution in [0, 0.1) is 0 Å². The van der Waals surface area contributed by atoms with E-state index in [9.17, 15) is 9.59 Å². The predicted octanol–water partition coefficient (Wildman–Crippen LogP) is 1.73. The van der Waals surface area contributed by atoms with Crippen LogP contribution in [0.1, 0.15) is 25.2 Å². The quantitative estimate of drug-likeness (QED) is 0.698. The molecule has 2 aromatic heterocycles. The molecule has 9 heteroatoms. The van der Waals surface area contributed by atoms with Gasteiger partial charge in [-0.1, -0.05) is 29.8 Å². The van der Waals surface area contributed by atoms with Gasteiger partial charge in [-0.05, 0) is 25.5 Å². The molecule has 1 aliphatic heterocycles. The lowest BCUT2D eigenvalue weighted by Crippen LogP contribution is -2.45. The van der Waals surface area contributed by atoms with Crippen molar-refractivity contribution in [3.63, 3.8) is 0 Å². The van der Waals surface area contributed by atoms with Crippen molar-refractivity contribution in [3.8, 4) is 0 Å². The molecule has 0 saturated carbocycles. The van der Waals surface area contributed by atoms with Gasteiger partial charge in [-0.2, -0.15) is 0 Å². The van der Waals surface area contributed by atoms with E-state index in [-0.39, 0.29) is 12.2 Å². The molecule has 3 aromatic rings. The van der Waals surface area contributed by atoms with Crippen molar-refractivity contribution >= 4 is 22.8 Å². The van der Waals surface area contributed by atoms with Crippen LogP contribution in [0.5, 0.6) is 0 Å². The highest BCUT2D eigenvalue weighted by molar-refractivity contribution is 6.31. The SMILES string of the molecule is CC1CN(Cc2nc3c(c(=O)[nH]c(=O)n3C)n2Cc2ccccc2Cl)CC(C)O1. The van der Waals surface area contributed by atoms with Crippen LogP contribution in [0.25, 0.3) is 11.2 Å². The number of benzene rings is 1. The summed E-state index contributed by atoms with van der Waals surface area (Å²) in [6.45, 7) is 6.57. The molecule has 0 aliphatic carbocycles. The van der Waals surface area contributed by atoms with Crippen LogP contribution in [0.15, 0.2) is 33.9 Å². The van der Waals surface area contributed by atoms with Crippen LogP contribution in [0.4, 0.5) is 0 Å². The molecule has 0 amide bonds. The number of H-pyrrole nitrogens is 1. The van der Waals surface area contributed by atoms with Gasteiger partial charge in [0.1, 0.15) is 5.82 Å². The van der Waals surface area contributed by atoms with E-state index in [1.807, 2.05) is 42.7 Å². The van der Waals surface area contributed by atoms with Gasteiger partial charge in [-0.3, -0.25) is 19.2 Å². The highest BCUT2D eigenvalue weighted by atomic mass is 35.5. The normalized spacial score (nSPS) is 20.4. The molecule has 0 spiro atoms. The van der Waals surface area contributed by atoms with E-state index in [2.05, 4.69) is 14.9 Å². The molecule has 8 nitrogen and oxygen atoms in total. The molecule has 1 aromatic carbocycles. The zero-order valence-electron chi connectivity index (χ0n) is 16.7. The summed E-state index contributed by atoms with van der Waals surface area (Å²) in [6.07, 6.45) is 0.237. The lowest BCUT2D eigenvalue weighted by atomic mass is 10.2. The molecule has 0 radical (unpaired) electrons. The molecule has 3 heterocycles. The summed E-state index contributed by atoms with van der Waals surface area (Å²) in [7, 11) is 1.61. The molecule has 29 heavy (non-hydrogen) atoms. The van der Waals surface area contributed by atoms with Crippen molar-refractivity contribution in [1.29, 1.82) is 0 Å². The Labute approximate surface area is 172 Å². The first-order valence-corrected chi connectivity index (χ1v) is 10.0. The summed E-state index contributed by atoms with van der Waals surface area (Å²) >= 11 is 6.37. The molecule has 2 unspecified atom stereocenters. The molecule has 1 aliphatic rings. The van der Waals surface area contributed by atoms with Crippen LogP contribution in [-0.2, 0) is 24.9 Å². The molecular weight excluding hydrogens is 394 g/mol. The first kappa shape index (κ1) is 19.9. The Balaban J connectivity index is 1.83. The Hall–Kier alpha value is -2.42. The Bertz CT molecular complexity index is 1160. The van der Waals surface area contributed by atoms with Gasteiger partial charge in [0.05, 0.1) is 25.3 Å². The highest BCUT2D eigenvalue weighted by Gasteiger charge is 2.25. The standard InChI is InChI=1S/C20H24ClN5O3/c1-12-8-25(9-13(2)29-12)11-16-22-18-17(19(27)23-20(28)24(18)3)26(16)10-14-6-4-5-7-15(14)21/h4-7,12-13H,8-11H2,1-3H3,(H,23,27,28). The molecular formula is C20H24ClN5O3. The number of hydrogen-bond donors (Lipinski definition) is 1. The number of halogens is 1. The maximum Gasteiger partial charge on any atom is 0.329 e. The van der Waals surface area contributed by atoms with Gasteiger partial charge < -0.3 is 9.30 Å². The lowest BCUT2D eigenvalue weighted by molar-refractivity contribution is -0.0712. The van der Waals surface area contributed by atoms with Crippen LogP contribution >= 0.6 is 11.6 Å². The van der Waals surface area contributed by atoms with E-state index in [4.69, 9.17) is 16.3 Å². The number of imidazole rings is 1. The summed E-state index contributed by atoms with van der Waals surface area (Å²) in [6, 6.07) is 7.52. The summed E-state index contributed by atoms with van der Waals surface area (Å²) in [4.78, 5) is 34.1. The number of nitrogens with one attached hydrogen (secondary N) is 1. The maximum atomic E-state index is 12.7. The van der Waals surface area contributed by atoms with Crippen LogP contribution in [0.3, 0.4) is 0 Å². The van der Waals surface area contributed by atoms with Gasteiger partial charge in [-0.15, -0.1) is 0 Å². The third-order valence-electron chi connectivity index (χ3n) is 5.23. The van der Waals surface area contributed by atoms with Gasteiger partial charge in [0.15, 0.2) is 11.2 Å². The van der Waals surface area contributed by atoms with Crippen molar-refractivity contribution in [1.82, 2.24) is 24.0 Å². The molecule has 1 N–H and O–H groups in total. The Morgan fingerprint density at radius 3 is 2.55 bits per heavy atom. The largest absolute Gasteiger partial charge is 0.373 e. The van der Waals surface area contributed by atoms with Crippen LogP contribution < -0.4 is 11.2 Å². The van der Waals surface area contributed by atoms with Crippen LogP contribution in [-0.4, -0.2) is 49.3 Å². The van der Waals surface area contributed by atoms with Crippen molar-refractivity contribution in [2.75, 3.05) is 13.1 Å². The molecule has 4 rings (SSSR count).